The van der Waals surface area contributed by atoms with E-state index in [0.717, 1.165) is 7.48 Å². The predicted octanol–water partition coefficient (Wildman–Crippen LogP) is 5.69. The van der Waals surface area contributed by atoms with Gasteiger partial charge in [0, 0.05) is 39.0 Å². The summed E-state index contributed by atoms with van der Waals surface area (Å²) < 4.78 is 3.34. The van der Waals surface area contributed by atoms with Gasteiger partial charge >= 0.3 is 7.48 Å². The van der Waals surface area contributed by atoms with Crippen LogP contribution in [0.25, 0.3) is 39.0 Å². The Morgan fingerprint density at radius 1 is 0.673 bits per heavy atom. The van der Waals surface area contributed by atoms with E-state index in [-0.39, 0.29) is 56.0 Å². The fraction of sp³-hybridized carbons (Fsp3) is 0. The normalized spacial score (nSPS) is 10.0. The van der Waals surface area contributed by atoms with Crippen LogP contribution in [0.3, 0.4) is 0 Å². The molecule has 1 radical (unpaired) electrons. The van der Waals surface area contributed by atoms with Gasteiger partial charge in [0.2, 0.25) is 0 Å². The van der Waals surface area contributed by atoms with Crippen LogP contribution in [-0.4, -0.2) is 42.1 Å². The van der Waals surface area contributed by atoms with Crippen LogP contribution in [0.15, 0.2) is 118 Å². The number of nitriles is 2. The molecule has 0 bridgehead atoms. The Morgan fingerprint density at radius 2 is 1.08 bits per heavy atom. The molecule has 0 aliphatic rings. The van der Waals surface area contributed by atoms with Crippen molar-refractivity contribution in [3.8, 4) is 46.5 Å². The zero-order valence-corrected chi connectivity index (χ0v) is 27.0. The van der Waals surface area contributed by atoms with Crippen LogP contribution < -0.4 is 11.1 Å². The quantitative estimate of drug-likeness (QED) is 0.143. The van der Waals surface area contributed by atoms with Crippen molar-refractivity contribution >= 4 is 51.0 Å². The minimum atomic E-state index is -0.382. The van der Waals surface area contributed by atoms with Gasteiger partial charge in [0.15, 0.2) is 0 Å². The van der Waals surface area contributed by atoms with Crippen LogP contribution in [0.2, 0.25) is 0 Å². The third-order valence-corrected chi connectivity index (χ3v) is 7.64. The number of aromatic nitrogens is 2. The smallest absolute Gasteiger partial charge is 0.317 e. The maximum atomic E-state index is 12.8. The molecular formula is C36H25BBrN4O7. The molecule has 0 saturated heterocycles. The summed E-state index contributed by atoms with van der Waals surface area (Å²) >= 11 is 3.36. The second-order valence-electron chi connectivity index (χ2n) is 10.1. The third kappa shape index (κ3) is 7.55. The molecule has 0 amide bonds. The zero-order valence-electron chi connectivity index (χ0n) is 25.4. The van der Waals surface area contributed by atoms with Crippen LogP contribution in [0, 0.1) is 22.7 Å². The lowest BCUT2D eigenvalue weighted by molar-refractivity contribution is 0.474. The maximum absolute atomic E-state index is 12.8. The van der Waals surface area contributed by atoms with Crippen molar-refractivity contribution in [3.05, 3.63) is 146 Å². The van der Waals surface area contributed by atoms with E-state index < -0.39 is 0 Å². The maximum Gasteiger partial charge on any atom is 0.317 e. The van der Waals surface area contributed by atoms with Gasteiger partial charge in [-0.15, -0.1) is 6.58 Å². The van der Waals surface area contributed by atoms with Crippen LogP contribution in [-0.2, 0) is 0 Å². The summed E-state index contributed by atoms with van der Waals surface area (Å²) in [4.78, 5) is 25.5. The van der Waals surface area contributed by atoms with Crippen molar-refractivity contribution in [1.29, 1.82) is 10.5 Å². The van der Waals surface area contributed by atoms with Gasteiger partial charge in [0.25, 0.3) is 11.1 Å². The molecule has 0 unspecified atom stereocenters. The van der Waals surface area contributed by atoms with E-state index in [2.05, 4.69) is 29.1 Å². The molecule has 0 aliphatic carbocycles. The minimum Gasteiger partial charge on any atom is -0.508 e. The number of pyridine rings is 2. The van der Waals surface area contributed by atoms with Crippen molar-refractivity contribution in [3.63, 3.8) is 0 Å². The molecule has 6 aromatic rings. The van der Waals surface area contributed by atoms with E-state index in [1.807, 2.05) is 12.1 Å². The Labute approximate surface area is 288 Å². The van der Waals surface area contributed by atoms with Crippen molar-refractivity contribution in [1.82, 2.24) is 9.13 Å². The zero-order chi connectivity index (χ0) is 35.8. The van der Waals surface area contributed by atoms with Gasteiger partial charge in [-0.05, 0) is 94.3 Å². The first kappa shape index (κ1) is 35.3. The summed E-state index contributed by atoms with van der Waals surface area (Å²) in [7, 11) is 0.889. The number of nitrogens with zero attached hydrogens (tertiary/aromatic N) is 4. The largest absolute Gasteiger partial charge is 0.508 e. The highest BCUT2D eigenvalue weighted by atomic mass is 79.9. The highest BCUT2D eigenvalue weighted by Gasteiger charge is 2.15. The van der Waals surface area contributed by atoms with Crippen molar-refractivity contribution < 1.29 is 25.5 Å². The number of benzene rings is 4. The number of phenolic OH excluding ortho intramolecular Hbond substituents is 4. The minimum absolute atomic E-state index is 0.0773. The SMILES string of the molecule is C=C[B]O.C=Cc1cn(-c2ccc(O)cc2)c(=O)c2c(C#N)cc(O)cc12.N#Cc1cc(O)cc2c(Br)cn(-c3ccc(O)cc3)c(=O)c12. The molecule has 241 valence electrons. The average molecular weight is 716 g/mol. The monoisotopic (exact) mass is 715 g/mol. The van der Waals surface area contributed by atoms with Crippen molar-refractivity contribution in [2.45, 2.75) is 0 Å². The summed E-state index contributed by atoms with van der Waals surface area (Å²) in [5.74, 6) is 1.33. The van der Waals surface area contributed by atoms with E-state index in [1.54, 1.807) is 42.7 Å². The number of hydrogen-bond acceptors (Lipinski definition) is 9. The topological polar surface area (TPSA) is 193 Å². The van der Waals surface area contributed by atoms with Crippen LogP contribution in [0.4, 0.5) is 0 Å². The van der Waals surface area contributed by atoms with Crippen molar-refractivity contribution in [2.75, 3.05) is 0 Å². The fourth-order valence-electron chi connectivity index (χ4n) is 4.83. The molecule has 2 heterocycles. The van der Waals surface area contributed by atoms with Crippen molar-refractivity contribution in [2.24, 2.45) is 0 Å². The number of phenols is 4. The van der Waals surface area contributed by atoms with E-state index in [4.69, 9.17) is 5.02 Å². The van der Waals surface area contributed by atoms with Gasteiger partial charge in [-0.25, -0.2) is 0 Å². The molecule has 4 aromatic carbocycles. The van der Waals surface area contributed by atoms with Crippen LogP contribution in [0.5, 0.6) is 23.0 Å². The standard InChI is InChI=1S/C18H12N2O3.C16H9BrN2O3.C2H4BO/c1-2-11-10-20(13-3-5-14(21)6-4-13)18(23)17-12(9-19)7-15(22)8-16(11)17;17-14-8-19(10-1-3-11(20)4-2-10)16(22)15-9(7-18)5-12(21)6-13(14)15;1-2-3-4/h2-8,10,21-22H,1H2;1-6,8,20-21H;2,4H,1H2. The third-order valence-electron chi connectivity index (χ3n) is 7.01. The molecule has 0 saturated carbocycles. The molecule has 5 N–H and O–H groups in total. The Kier molecular flexibility index (Phi) is 11.1. The fourth-order valence-corrected chi connectivity index (χ4v) is 5.35. The van der Waals surface area contributed by atoms with Gasteiger partial charge in [-0.2, -0.15) is 10.5 Å². The number of aromatic hydroxyl groups is 4. The van der Waals surface area contributed by atoms with Gasteiger partial charge in [0.05, 0.1) is 21.9 Å². The highest BCUT2D eigenvalue weighted by Crippen LogP contribution is 2.29. The lowest BCUT2D eigenvalue weighted by Crippen LogP contribution is -2.19. The first-order valence-corrected chi connectivity index (χ1v) is 14.9. The first-order valence-electron chi connectivity index (χ1n) is 14.1. The van der Waals surface area contributed by atoms with Gasteiger partial charge in [0.1, 0.15) is 35.1 Å². The molecule has 11 nitrogen and oxygen atoms in total. The van der Waals surface area contributed by atoms with Crippen LogP contribution >= 0.6 is 15.9 Å². The predicted molar refractivity (Wildman–Crippen MR) is 191 cm³/mol. The van der Waals surface area contributed by atoms with Gasteiger partial charge in [-0.3, -0.25) is 18.7 Å². The van der Waals surface area contributed by atoms with Crippen LogP contribution in [0.1, 0.15) is 16.7 Å². The molecular weight excluding hydrogens is 691 g/mol. The lowest BCUT2D eigenvalue weighted by Gasteiger charge is -2.12. The average Bonchev–Trinajstić information content (AvgIpc) is 3.10. The summed E-state index contributed by atoms with van der Waals surface area (Å²) in [6.45, 7) is 6.90. The molecule has 6 rings (SSSR count). The van der Waals surface area contributed by atoms with E-state index in [1.165, 1.54) is 63.6 Å². The summed E-state index contributed by atoms with van der Waals surface area (Å²) in [5, 5.41) is 65.6. The first-order chi connectivity index (χ1) is 23.5. The summed E-state index contributed by atoms with van der Waals surface area (Å²) in [5.41, 5.74) is 1.17. The Balaban J connectivity index is 0.000000199. The Hall–Kier alpha value is -6.54. The lowest BCUT2D eigenvalue weighted by atomic mass is 10.0. The Morgan fingerprint density at radius 3 is 1.49 bits per heavy atom. The summed E-state index contributed by atoms with van der Waals surface area (Å²) in [6, 6.07) is 21.6. The molecule has 0 aliphatic heterocycles. The highest BCUT2D eigenvalue weighted by molar-refractivity contribution is 9.10. The number of rotatable bonds is 4. The number of fused-ring (bicyclic) bond motifs is 2. The molecule has 0 fully saturated rings. The number of hydrogen-bond donors (Lipinski definition) is 5. The Bertz CT molecular complexity index is 2430. The molecule has 13 heteroatoms. The van der Waals surface area contributed by atoms with Gasteiger partial charge < -0.3 is 25.5 Å². The molecule has 49 heavy (non-hydrogen) atoms. The second-order valence-corrected chi connectivity index (χ2v) is 10.9. The van der Waals surface area contributed by atoms with Gasteiger partial charge in [-0.1, -0.05) is 18.6 Å². The van der Waals surface area contributed by atoms with E-state index in [0.29, 0.717) is 32.2 Å². The van der Waals surface area contributed by atoms with E-state index in [9.17, 15) is 40.5 Å². The van der Waals surface area contributed by atoms with E-state index >= 15 is 0 Å². The molecule has 2 aromatic heterocycles. The number of halogens is 1. The molecule has 0 spiro atoms. The second kappa shape index (κ2) is 15.4. The molecule has 0 atom stereocenters. The summed E-state index contributed by atoms with van der Waals surface area (Å²) in [6.07, 6.45) is 4.71.